The number of guanidine groups is 1. The molecule has 0 saturated heterocycles. The van der Waals surface area contributed by atoms with Crippen molar-refractivity contribution in [2.75, 3.05) is 27.3 Å². The maximum absolute atomic E-state index is 12.3. The normalized spacial score (nSPS) is 12.4. The van der Waals surface area contributed by atoms with Crippen molar-refractivity contribution in [2.24, 2.45) is 4.99 Å². The Morgan fingerprint density at radius 3 is 2.52 bits per heavy atom. The summed E-state index contributed by atoms with van der Waals surface area (Å²) < 4.78 is 52.6. The van der Waals surface area contributed by atoms with Crippen LogP contribution in [0.2, 0.25) is 0 Å². The number of nitrogens with one attached hydrogen (secondary N) is 2. The van der Waals surface area contributed by atoms with E-state index in [9.17, 15) is 13.2 Å². The standard InChI is InChI=1S/C20H25F3N4O3.HI/c1-14(30-17-7-5-4-6-16(17)28-3)11-26-19(24-2)27-12-15-8-9-25-18(10-15)29-13-20(21,22)23;/h4-10,14H,11-13H2,1-3H3,(H2,24,26,27);1H. The molecule has 0 aliphatic carbocycles. The van der Waals surface area contributed by atoms with Crippen molar-refractivity contribution < 1.29 is 27.4 Å². The molecular weight excluding hydrogens is 528 g/mol. The lowest BCUT2D eigenvalue weighted by atomic mass is 10.2. The van der Waals surface area contributed by atoms with Gasteiger partial charge in [0.2, 0.25) is 5.88 Å². The molecule has 7 nitrogen and oxygen atoms in total. The maximum atomic E-state index is 12.3. The van der Waals surface area contributed by atoms with Gasteiger partial charge in [-0.25, -0.2) is 4.98 Å². The fraction of sp³-hybridized carbons (Fsp3) is 0.400. The molecule has 0 spiro atoms. The van der Waals surface area contributed by atoms with Gasteiger partial charge in [0.15, 0.2) is 24.1 Å². The number of halogens is 4. The molecule has 2 aromatic rings. The number of ether oxygens (including phenoxy) is 3. The summed E-state index contributed by atoms with van der Waals surface area (Å²) in [6, 6.07) is 10.5. The zero-order chi connectivity index (χ0) is 22.0. The molecular formula is C20H26F3IN4O3. The average Bonchev–Trinajstić information content (AvgIpc) is 2.72. The van der Waals surface area contributed by atoms with Crippen LogP contribution in [0.25, 0.3) is 0 Å². The molecule has 0 aliphatic rings. The van der Waals surface area contributed by atoms with Crippen molar-refractivity contribution in [3.8, 4) is 17.4 Å². The number of methoxy groups -OCH3 is 1. The van der Waals surface area contributed by atoms with Gasteiger partial charge in [-0.1, -0.05) is 12.1 Å². The van der Waals surface area contributed by atoms with Crippen LogP contribution in [0.3, 0.4) is 0 Å². The van der Waals surface area contributed by atoms with Gasteiger partial charge < -0.3 is 24.8 Å². The lowest BCUT2D eigenvalue weighted by molar-refractivity contribution is -0.154. The largest absolute Gasteiger partial charge is 0.493 e. The van der Waals surface area contributed by atoms with E-state index in [2.05, 4.69) is 25.3 Å². The quantitative estimate of drug-likeness (QED) is 0.279. The van der Waals surface area contributed by atoms with Crippen LogP contribution in [0.5, 0.6) is 17.4 Å². The molecule has 2 N–H and O–H groups in total. The Morgan fingerprint density at radius 2 is 1.87 bits per heavy atom. The molecule has 11 heteroatoms. The van der Waals surface area contributed by atoms with Gasteiger partial charge in [-0.05, 0) is 30.7 Å². The van der Waals surface area contributed by atoms with E-state index in [1.165, 1.54) is 12.3 Å². The first-order valence-electron chi connectivity index (χ1n) is 9.19. The van der Waals surface area contributed by atoms with Crippen LogP contribution < -0.4 is 24.8 Å². The second-order valence-corrected chi connectivity index (χ2v) is 6.29. The number of alkyl halides is 3. The predicted octanol–water partition coefficient (Wildman–Crippen LogP) is 3.78. The van der Waals surface area contributed by atoms with Crippen LogP contribution in [-0.4, -0.2) is 50.5 Å². The fourth-order valence-electron chi connectivity index (χ4n) is 2.42. The summed E-state index contributed by atoms with van der Waals surface area (Å²) in [5, 5.41) is 6.21. The van der Waals surface area contributed by atoms with E-state index in [1.807, 2.05) is 31.2 Å². The zero-order valence-corrected chi connectivity index (χ0v) is 19.7. The van der Waals surface area contributed by atoms with E-state index >= 15 is 0 Å². The van der Waals surface area contributed by atoms with Crippen LogP contribution in [0.15, 0.2) is 47.6 Å². The smallest absolute Gasteiger partial charge is 0.422 e. The molecule has 1 unspecified atom stereocenters. The van der Waals surface area contributed by atoms with E-state index in [1.54, 1.807) is 20.2 Å². The molecule has 0 bridgehead atoms. The minimum absolute atomic E-state index is 0. The second kappa shape index (κ2) is 13.1. The van der Waals surface area contributed by atoms with Crippen LogP contribution in [0.1, 0.15) is 12.5 Å². The highest BCUT2D eigenvalue weighted by Gasteiger charge is 2.28. The number of benzene rings is 1. The highest BCUT2D eigenvalue weighted by molar-refractivity contribution is 14.0. The molecule has 0 radical (unpaired) electrons. The Morgan fingerprint density at radius 1 is 1.16 bits per heavy atom. The first-order chi connectivity index (χ1) is 14.3. The van der Waals surface area contributed by atoms with Gasteiger partial charge in [0.05, 0.1) is 13.7 Å². The summed E-state index contributed by atoms with van der Waals surface area (Å²) in [6.45, 7) is 1.31. The number of pyridine rings is 1. The van der Waals surface area contributed by atoms with Crippen molar-refractivity contribution in [2.45, 2.75) is 25.7 Å². The lowest BCUT2D eigenvalue weighted by Crippen LogP contribution is -2.41. The van der Waals surface area contributed by atoms with Gasteiger partial charge in [0, 0.05) is 25.9 Å². The summed E-state index contributed by atoms with van der Waals surface area (Å²) in [4.78, 5) is 7.91. The summed E-state index contributed by atoms with van der Waals surface area (Å²) in [5.41, 5.74) is 0.698. The van der Waals surface area contributed by atoms with E-state index in [0.29, 0.717) is 36.1 Å². The lowest BCUT2D eigenvalue weighted by Gasteiger charge is -2.19. The third-order valence-electron chi connectivity index (χ3n) is 3.82. The monoisotopic (exact) mass is 554 g/mol. The van der Waals surface area contributed by atoms with E-state index in [4.69, 9.17) is 9.47 Å². The predicted molar refractivity (Wildman–Crippen MR) is 122 cm³/mol. The Hall–Kier alpha value is -2.44. The number of aromatic nitrogens is 1. The van der Waals surface area contributed by atoms with Crippen LogP contribution in [0.4, 0.5) is 13.2 Å². The van der Waals surface area contributed by atoms with Gasteiger partial charge in [0.25, 0.3) is 0 Å². The highest BCUT2D eigenvalue weighted by Crippen LogP contribution is 2.26. The third kappa shape index (κ3) is 9.94. The number of nitrogens with zero attached hydrogens (tertiary/aromatic N) is 2. The number of rotatable bonds is 9. The third-order valence-corrected chi connectivity index (χ3v) is 3.82. The Kier molecular flexibility index (Phi) is 11.2. The van der Waals surface area contributed by atoms with Crippen molar-refractivity contribution in [3.63, 3.8) is 0 Å². The minimum Gasteiger partial charge on any atom is -0.493 e. The fourth-order valence-corrected chi connectivity index (χ4v) is 2.42. The Balaban J connectivity index is 0.00000480. The Bertz CT molecular complexity index is 837. The maximum Gasteiger partial charge on any atom is 0.422 e. The molecule has 0 saturated carbocycles. The van der Waals surface area contributed by atoms with Gasteiger partial charge in [-0.3, -0.25) is 4.99 Å². The highest BCUT2D eigenvalue weighted by atomic mass is 127. The minimum atomic E-state index is -4.41. The molecule has 1 aromatic heterocycles. The molecule has 1 atom stereocenters. The number of aliphatic imine (C=N–C) groups is 1. The SMILES string of the molecule is CN=C(NCc1ccnc(OCC(F)(F)F)c1)NCC(C)Oc1ccccc1OC.I. The molecule has 0 aliphatic heterocycles. The summed E-state index contributed by atoms with van der Waals surface area (Å²) in [7, 11) is 3.20. The topological polar surface area (TPSA) is 77.0 Å². The van der Waals surface area contributed by atoms with Crippen molar-refractivity contribution in [1.29, 1.82) is 0 Å². The molecule has 0 fully saturated rings. The van der Waals surface area contributed by atoms with Crippen molar-refractivity contribution in [1.82, 2.24) is 15.6 Å². The summed E-state index contributed by atoms with van der Waals surface area (Å²) in [6.07, 6.45) is -3.20. The summed E-state index contributed by atoms with van der Waals surface area (Å²) in [5.74, 6) is 1.71. The van der Waals surface area contributed by atoms with Crippen molar-refractivity contribution >= 4 is 29.9 Å². The van der Waals surface area contributed by atoms with Crippen LogP contribution in [0, 0.1) is 0 Å². The number of para-hydroxylation sites is 2. The molecule has 0 amide bonds. The molecule has 31 heavy (non-hydrogen) atoms. The van der Waals surface area contributed by atoms with Crippen LogP contribution >= 0.6 is 24.0 Å². The van der Waals surface area contributed by atoms with Crippen molar-refractivity contribution in [3.05, 3.63) is 48.2 Å². The average molecular weight is 554 g/mol. The Labute approximate surface area is 196 Å². The van der Waals surface area contributed by atoms with E-state index in [0.717, 1.165) is 0 Å². The molecule has 1 aromatic carbocycles. The first-order valence-corrected chi connectivity index (χ1v) is 9.19. The molecule has 2 rings (SSSR count). The molecule has 172 valence electrons. The molecule has 1 heterocycles. The van der Waals surface area contributed by atoms with E-state index < -0.39 is 12.8 Å². The van der Waals surface area contributed by atoms with E-state index in [-0.39, 0.29) is 36.0 Å². The summed E-state index contributed by atoms with van der Waals surface area (Å²) >= 11 is 0. The van der Waals surface area contributed by atoms with Gasteiger partial charge in [-0.2, -0.15) is 13.2 Å². The van der Waals surface area contributed by atoms with Gasteiger partial charge in [0.1, 0.15) is 6.10 Å². The zero-order valence-electron chi connectivity index (χ0n) is 17.4. The number of hydrogen-bond donors (Lipinski definition) is 2. The van der Waals surface area contributed by atoms with Crippen LogP contribution in [-0.2, 0) is 6.54 Å². The van der Waals surface area contributed by atoms with Gasteiger partial charge >= 0.3 is 6.18 Å². The number of hydrogen-bond acceptors (Lipinski definition) is 5. The second-order valence-electron chi connectivity index (χ2n) is 6.29. The first kappa shape index (κ1) is 26.6. The van der Waals surface area contributed by atoms with Gasteiger partial charge in [-0.15, -0.1) is 24.0 Å².